The molecule has 1 aliphatic rings. The number of nitrogens with zero attached hydrogens (tertiary/aromatic N) is 2. The van der Waals surface area contributed by atoms with E-state index in [0.29, 0.717) is 0 Å². The van der Waals surface area contributed by atoms with Gasteiger partial charge in [0.05, 0.1) is 11.0 Å². The van der Waals surface area contributed by atoms with Crippen molar-refractivity contribution < 1.29 is 0 Å². The topological polar surface area (TPSA) is 25.8 Å². The summed E-state index contributed by atoms with van der Waals surface area (Å²) in [5, 5.41) is 2.64. The van der Waals surface area contributed by atoms with Crippen molar-refractivity contribution in [1.29, 1.82) is 0 Å². The van der Waals surface area contributed by atoms with Gasteiger partial charge < -0.3 is 0 Å². The second kappa shape index (κ2) is 8.69. The molecule has 2 nitrogen and oxygen atoms in total. The van der Waals surface area contributed by atoms with Gasteiger partial charge in [0.25, 0.3) is 0 Å². The van der Waals surface area contributed by atoms with E-state index >= 15 is 0 Å². The standard InChI is InChI=1S/C38H22N2S/c1-3-10-27-25(8-1)26-9-2-4-11-28(26)33-22-23(24-13-7-14-32-29-12-5-6-15-35(29)41-38(24)32)16-17-31(33)36-30(27)18-19-34-37(36)40-21-20-39-34/h1-22H. The lowest BCUT2D eigenvalue weighted by molar-refractivity contribution is 1.29. The number of rotatable bonds is 1. The molecule has 3 heteroatoms. The smallest absolute Gasteiger partial charge is 0.0971 e. The zero-order chi connectivity index (χ0) is 26.9. The molecule has 1 aliphatic carbocycles. The molecule has 190 valence electrons. The summed E-state index contributed by atoms with van der Waals surface area (Å²) >= 11 is 1.88. The molecule has 0 unspecified atom stereocenters. The first kappa shape index (κ1) is 22.7. The molecule has 0 bridgehead atoms. The third kappa shape index (κ3) is 3.30. The molecule has 2 aromatic heterocycles. The van der Waals surface area contributed by atoms with Crippen molar-refractivity contribution in [3.05, 3.63) is 134 Å². The molecular formula is C38H22N2S. The zero-order valence-electron chi connectivity index (χ0n) is 22.0. The van der Waals surface area contributed by atoms with Gasteiger partial charge in [-0.2, -0.15) is 0 Å². The van der Waals surface area contributed by atoms with E-state index in [1.165, 1.54) is 70.2 Å². The molecule has 2 heterocycles. The van der Waals surface area contributed by atoms with Crippen molar-refractivity contribution in [1.82, 2.24) is 9.97 Å². The van der Waals surface area contributed by atoms with Gasteiger partial charge in [0.15, 0.2) is 0 Å². The maximum atomic E-state index is 4.88. The summed E-state index contributed by atoms with van der Waals surface area (Å²) in [4.78, 5) is 9.56. The number of fused-ring (bicyclic) bond motifs is 13. The summed E-state index contributed by atoms with van der Waals surface area (Å²) < 4.78 is 2.65. The van der Waals surface area contributed by atoms with Gasteiger partial charge in [-0.1, -0.05) is 103 Å². The lowest BCUT2D eigenvalue weighted by Crippen LogP contribution is -1.99. The van der Waals surface area contributed by atoms with E-state index in [1.807, 2.05) is 11.3 Å². The lowest BCUT2D eigenvalue weighted by atomic mass is 9.79. The fraction of sp³-hybridized carbons (Fsp3) is 0. The van der Waals surface area contributed by atoms with Crippen molar-refractivity contribution >= 4 is 42.5 Å². The monoisotopic (exact) mass is 538 g/mol. The third-order valence-corrected chi connectivity index (χ3v) is 9.59. The molecule has 0 fully saturated rings. The lowest BCUT2D eigenvalue weighted by Gasteiger charge is -2.24. The van der Waals surface area contributed by atoms with Crippen LogP contribution in [0.3, 0.4) is 0 Å². The molecule has 6 aromatic carbocycles. The molecule has 9 rings (SSSR count). The maximum absolute atomic E-state index is 4.88. The molecule has 0 N–H and O–H groups in total. The van der Waals surface area contributed by atoms with E-state index in [4.69, 9.17) is 4.98 Å². The number of aromatic nitrogens is 2. The Morgan fingerprint density at radius 1 is 0.439 bits per heavy atom. The summed E-state index contributed by atoms with van der Waals surface area (Å²) in [6.45, 7) is 0. The van der Waals surface area contributed by atoms with Gasteiger partial charge in [0.2, 0.25) is 0 Å². The Kier molecular flexibility index (Phi) is 4.80. The highest BCUT2D eigenvalue weighted by Gasteiger charge is 2.24. The highest BCUT2D eigenvalue weighted by atomic mass is 32.1. The van der Waals surface area contributed by atoms with E-state index < -0.39 is 0 Å². The number of hydrogen-bond donors (Lipinski definition) is 0. The summed E-state index contributed by atoms with van der Waals surface area (Å²) in [7, 11) is 0. The first-order valence-corrected chi connectivity index (χ1v) is 14.6. The third-order valence-electron chi connectivity index (χ3n) is 8.37. The van der Waals surface area contributed by atoms with Crippen LogP contribution in [0.15, 0.2) is 134 Å². The largest absolute Gasteiger partial charge is 0.253 e. The van der Waals surface area contributed by atoms with Gasteiger partial charge in [-0.15, -0.1) is 11.3 Å². The van der Waals surface area contributed by atoms with Crippen LogP contribution in [0, 0.1) is 0 Å². The minimum absolute atomic E-state index is 0.905. The normalized spacial score (nSPS) is 11.9. The highest BCUT2D eigenvalue weighted by molar-refractivity contribution is 7.26. The molecular weight excluding hydrogens is 516 g/mol. The molecule has 0 aliphatic heterocycles. The molecule has 41 heavy (non-hydrogen) atoms. The molecule has 0 radical (unpaired) electrons. The average Bonchev–Trinajstić information content (AvgIpc) is 3.42. The summed E-state index contributed by atoms with van der Waals surface area (Å²) in [6, 6.07) is 44.2. The molecule has 0 atom stereocenters. The van der Waals surface area contributed by atoms with Gasteiger partial charge in [0.1, 0.15) is 0 Å². The highest BCUT2D eigenvalue weighted by Crippen LogP contribution is 2.50. The van der Waals surface area contributed by atoms with Crippen molar-refractivity contribution in [2.45, 2.75) is 0 Å². The van der Waals surface area contributed by atoms with Gasteiger partial charge >= 0.3 is 0 Å². The van der Waals surface area contributed by atoms with Crippen molar-refractivity contribution in [3.8, 4) is 55.6 Å². The first-order chi connectivity index (χ1) is 20.3. The summed E-state index contributed by atoms with van der Waals surface area (Å²) in [5.74, 6) is 0. The van der Waals surface area contributed by atoms with E-state index in [1.54, 1.807) is 12.4 Å². The SMILES string of the molecule is c1ccc2c(c1)-c1ccccc1-c1ccc3nccnc3c1-c1ccc(-c3cccc4c3sc3ccccc34)cc1-2. The van der Waals surface area contributed by atoms with E-state index in [0.717, 1.165) is 16.6 Å². The van der Waals surface area contributed by atoms with Gasteiger partial charge in [-0.3, -0.25) is 9.97 Å². The minimum Gasteiger partial charge on any atom is -0.253 e. The molecule has 8 aromatic rings. The Morgan fingerprint density at radius 2 is 1.07 bits per heavy atom. The van der Waals surface area contributed by atoms with Crippen LogP contribution in [-0.2, 0) is 0 Å². The average molecular weight is 539 g/mol. The fourth-order valence-corrected chi connectivity index (χ4v) is 7.80. The quantitative estimate of drug-likeness (QED) is 0.208. The van der Waals surface area contributed by atoms with Crippen LogP contribution in [-0.4, -0.2) is 9.97 Å². The van der Waals surface area contributed by atoms with Crippen molar-refractivity contribution in [3.63, 3.8) is 0 Å². The molecule has 0 amide bonds. The van der Waals surface area contributed by atoms with E-state index in [-0.39, 0.29) is 0 Å². The first-order valence-electron chi connectivity index (χ1n) is 13.8. The Labute approximate surface area is 241 Å². The van der Waals surface area contributed by atoms with Crippen LogP contribution in [0.5, 0.6) is 0 Å². The van der Waals surface area contributed by atoms with Crippen LogP contribution >= 0.6 is 11.3 Å². The Morgan fingerprint density at radius 3 is 1.90 bits per heavy atom. The molecule has 0 spiro atoms. The fourth-order valence-electron chi connectivity index (χ4n) is 6.57. The van der Waals surface area contributed by atoms with Crippen molar-refractivity contribution in [2.75, 3.05) is 0 Å². The number of hydrogen-bond acceptors (Lipinski definition) is 3. The van der Waals surface area contributed by atoms with Crippen LogP contribution in [0.25, 0.3) is 86.8 Å². The molecule has 0 saturated carbocycles. The second-order valence-electron chi connectivity index (χ2n) is 10.5. The Balaban J connectivity index is 1.41. The predicted octanol–water partition coefficient (Wildman–Crippen LogP) is 10.6. The second-order valence-corrected chi connectivity index (χ2v) is 11.6. The summed E-state index contributed by atoms with van der Waals surface area (Å²) in [5.41, 5.74) is 14.0. The Hall–Kier alpha value is -5.12. The zero-order valence-corrected chi connectivity index (χ0v) is 22.8. The molecule has 0 saturated heterocycles. The van der Waals surface area contributed by atoms with E-state index in [9.17, 15) is 0 Å². The predicted molar refractivity (Wildman–Crippen MR) is 173 cm³/mol. The van der Waals surface area contributed by atoms with Crippen LogP contribution < -0.4 is 0 Å². The van der Waals surface area contributed by atoms with Gasteiger partial charge in [-0.25, -0.2) is 0 Å². The minimum atomic E-state index is 0.905. The Bertz CT molecular complexity index is 2330. The van der Waals surface area contributed by atoms with Crippen LogP contribution in [0.4, 0.5) is 0 Å². The van der Waals surface area contributed by atoms with Crippen LogP contribution in [0.2, 0.25) is 0 Å². The van der Waals surface area contributed by atoms with Crippen LogP contribution in [0.1, 0.15) is 0 Å². The van der Waals surface area contributed by atoms with Gasteiger partial charge in [-0.05, 0) is 68.3 Å². The van der Waals surface area contributed by atoms with Crippen molar-refractivity contribution in [2.24, 2.45) is 0 Å². The number of thiophene rings is 1. The summed E-state index contributed by atoms with van der Waals surface area (Å²) in [6.07, 6.45) is 3.58. The number of benzene rings is 6. The van der Waals surface area contributed by atoms with Gasteiger partial charge in [0, 0.05) is 38.1 Å². The maximum Gasteiger partial charge on any atom is 0.0971 e. The van der Waals surface area contributed by atoms with E-state index in [2.05, 4.69) is 126 Å².